The number of hydrogen-bond donors (Lipinski definition) is 1. The highest BCUT2D eigenvalue weighted by molar-refractivity contribution is 7.89. The van der Waals surface area contributed by atoms with Gasteiger partial charge in [0, 0.05) is 11.6 Å². The molecule has 7 heteroatoms. The summed E-state index contributed by atoms with van der Waals surface area (Å²) in [6.45, 7) is 2.23. The molecule has 1 amide bonds. The molecule has 2 aromatic rings. The molecule has 0 aromatic heterocycles. The number of halogens is 1. The number of nitrogens with one attached hydrogen (secondary N) is 1. The minimum absolute atomic E-state index is 0.151. The zero-order valence-electron chi connectivity index (χ0n) is 14.4. The fourth-order valence-corrected chi connectivity index (χ4v) is 4.95. The van der Waals surface area contributed by atoms with Gasteiger partial charge in [-0.3, -0.25) is 4.79 Å². The van der Waals surface area contributed by atoms with Crippen molar-refractivity contribution in [1.82, 2.24) is 9.62 Å². The summed E-state index contributed by atoms with van der Waals surface area (Å²) >= 11 is 5.84. The molecule has 1 fully saturated rings. The van der Waals surface area contributed by atoms with Gasteiger partial charge in [-0.1, -0.05) is 41.9 Å². The minimum Gasteiger partial charge on any atom is -0.348 e. The van der Waals surface area contributed by atoms with E-state index in [1.54, 1.807) is 0 Å². The summed E-state index contributed by atoms with van der Waals surface area (Å²) in [7, 11) is -3.74. The highest BCUT2D eigenvalue weighted by atomic mass is 35.5. The molecule has 0 bridgehead atoms. The Morgan fingerprint density at radius 2 is 1.81 bits per heavy atom. The minimum atomic E-state index is -3.74. The highest BCUT2D eigenvalue weighted by Gasteiger charge is 2.39. The van der Waals surface area contributed by atoms with Crippen molar-refractivity contribution >= 4 is 27.5 Å². The number of benzene rings is 2. The Morgan fingerprint density at radius 3 is 2.46 bits per heavy atom. The number of nitrogens with zero attached hydrogens (tertiary/aromatic N) is 1. The van der Waals surface area contributed by atoms with Crippen molar-refractivity contribution in [2.75, 3.05) is 6.54 Å². The Balaban J connectivity index is 1.77. The molecule has 0 radical (unpaired) electrons. The molecule has 1 saturated heterocycles. The van der Waals surface area contributed by atoms with Gasteiger partial charge in [-0.15, -0.1) is 0 Å². The fraction of sp³-hybridized carbons (Fsp3) is 0.316. The van der Waals surface area contributed by atoms with Gasteiger partial charge in [-0.2, -0.15) is 4.31 Å². The molecule has 0 aliphatic carbocycles. The van der Waals surface area contributed by atoms with Crippen LogP contribution in [0.25, 0.3) is 0 Å². The zero-order valence-corrected chi connectivity index (χ0v) is 16.0. The lowest BCUT2D eigenvalue weighted by molar-refractivity contribution is -0.124. The van der Waals surface area contributed by atoms with E-state index in [2.05, 4.69) is 5.32 Å². The molecule has 2 aromatic carbocycles. The van der Waals surface area contributed by atoms with Crippen LogP contribution in [0.3, 0.4) is 0 Å². The Hall–Kier alpha value is -1.89. The molecular weight excluding hydrogens is 372 g/mol. The maximum absolute atomic E-state index is 12.9. The number of carbonyl (C=O) groups excluding carboxylic acids is 1. The average molecular weight is 393 g/mol. The van der Waals surface area contributed by atoms with E-state index in [1.165, 1.54) is 28.6 Å². The molecule has 0 unspecified atom stereocenters. The van der Waals surface area contributed by atoms with Crippen LogP contribution in [0.2, 0.25) is 5.02 Å². The van der Waals surface area contributed by atoms with Gasteiger partial charge >= 0.3 is 0 Å². The van der Waals surface area contributed by atoms with Crippen LogP contribution in [-0.4, -0.2) is 31.2 Å². The first-order valence-electron chi connectivity index (χ1n) is 8.52. The molecule has 1 N–H and O–H groups in total. The summed E-state index contributed by atoms with van der Waals surface area (Å²) in [6.07, 6.45) is 1.17. The van der Waals surface area contributed by atoms with Crippen LogP contribution in [0.1, 0.15) is 31.4 Å². The third kappa shape index (κ3) is 3.92. The standard InChI is InChI=1S/C19H21ClN2O3S/c1-14(15-6-3-2-4-7-15)21-19(23)18-8-5-13-22(18)26(24,25)17-11-9-16(20)10-12-17/h2-4,6-7,9-12,14,18H,5,8,13H2,1H3,(H,21,23)/t14-,18+/m0/s1. The normalized spacial score (nSPS) is 19.2. The van der Waals surface area contributed by atoms with E-state index in [0.717, 1.165) is 5.56 Å². The van der Waals surface area contributed by atoms with E-state index in [4.69, 9.17) is 11.6 Å². The third-order valence-electron chi connectivity index (χ3n) is 4.58. The maximum atomic E-state index is 12.9. The number of hydrogen-bond acceptors (Lipinski definition) is 3. The van der Waals surface area contributed by atoms with Gasteiger partial charge in [0.05, 0.1) is 10.9 Å². The second-order valence-corrected chi connectivity index (χ2v) is 8.70. The highest BCUT2D eigenvalue weighted by Crippen LogP contribution is 2.27. The van der Waals surface area contributed by atoms with Crippen molar-refractivity contribution in [3.8, 4) is 0 Å². The van der Waals surface area contributed by atoms with E-state index >= 15 is 0 Å². The van der Waals surface area contributed by atoms with E-state index in [-0.39, 0.29) is 16.8 Å². The summed E-state index contributed by atoms with van der Waals surface area (Å²) in [5.74, 6) is -0.267. The van der Waals surface area contributed by atoms with E-state index in [9.17, 15) is 13.2 Å². The SMILES string of the molecule is C[C@H](NC(=O)[C@H]1CCCN1S(=O)(=O)c1ccc(Cl)cc1)c1ccccc1. The van der Waals surface area contributed by atoms with Gasteiger partial charge in [-0.25, -0.2) is 8.42 Å². The zero-order chi connectivity index (χ0) is 18.7. The second-order valence-electron chi connectivity index (χ2n) is 6.37. The lowest BCUT2D eigenvalue weighted by atomic mass is 10.1. The van der Waals surface area contributed by atoms with Crippen LogP contribution >= 0.6 is 11.6 Å². The molecule has 0 saturated carbocycles. The average Bonchev–Trinajstić information content (AvgIpc) is 3.13. The monoisotopic (exact) mass is 392 g/mol. The quantitative estimate of drug-likeness (QED) is 0.848. The van der Waals surface area contributed by atoms with Crippen molar-refractivity contribution in [1.29, 1.82) is 0 Å². The maximum Gasteiger partial charge on any atom is 0.243 e. The van der Waals surface area contributed by atoms with Crippen molar-refractivity contribution in [3.63, 3.8) is 0 Å². The third-order valence-corrected chi connectivity index (χ3v) is 6.76. The summed E-state index contributed by atoms with van der Waals surface area (Å²) in [5, 5.41) is 3.40. The summed E-state index contributed by atoms with van der Waals surface area (Å²) < 4.78 is 27.1. The van der Waals surface area contributed by atoms with E-state index in [1.807, 2.05) is 37.3 Å². The van der Waals surface area contributed by atoms with Crippen molar-refractivity contribution in [3.05, 3.63) is 65.2 Å². The van der Waals surface area contributed by atoms with Crippen molar-refractivity contribution in [2.45, 2.75) is 36.7 Å². The van der Waals surface area contributed by atoms with Crippen LogP contribution < -0.4 is 5.32 Å². The lowest BCUT2D eigenvalue weighted by Crippen LogP contribution is -2.46. The number of amides is 1. The van der Waals surface area contributed by atoms with Gasteiger partial charge < -0.3 is 5.32 Å². The van der Waals surface area contributed by atoms with Gasteiger partial charge in [0.25, 0.3) is 0 Å². The Labute approximate surface area is 159 Å². The number of rotatable bonds is 5. The van der Waals surface area contributed by atoms with Crippen molar-refractivity contribution in [2.24, 2.45) is 0 Å². The lowest BCUT2D eigenvalue weighted by Gasteiger charge is -2.25. The fourth-order valence-electron chi connectivity index (χ4n) is 3.17. The Morgan fingerprint density at radius 1 is 1.15 bits per heavy atom. The van der Waals surface area contributed by atoms with Crippen LogP contribution in [0.5, 0.6) is 0 Å². The van der Waals surface area contributed by atoms with Crippen LogP contribution in [-0.2, 0) is 14.8 Å². The van der Waals surface area contributed by atoms with Gasteiger partial charge in [-0.05, 0) is 49.6 Å². The summed E-state index contributed by atoms with van der Waals surface area (Å²) in [4.78, 5) is 12.9. The predicted octanol–water partition coefficient (Wildman–Crippen LogP) is 3.37. The van der Waals surface area contributed by atoms with Gasteiger partial charge in [0.1, 0.15) is 6.04 Å². The van der Waals surface area contributed by atoms with Crippen LogP contribution in [0.15, 0.2) is 59.5 Å². The van der Waals surface area contributed by atoms with Crippen LogP contribution in [0.4, 0.5) is 0 Å². The predicted molar refractivity (Wildman–Crippen MR) is 101 cm³/mol. The molecule has 1 aliphatic rings. The van der Waals surface area contributed by atoms with E-state index in [0.29, 0.717) is 24.4 Å². The summed E-state index contributed by atoms with van der Waals surface area (Å²) in [6, 6.07) is 14.7. The molecular formula is C19H21ClN2O3S. The molecule has 0 spiro atoms. The van der Waals surface area contributed by atoms with Crippen LogP contribution in [0, 0.1) is 0 Å². The molecule has 138 valence electrons. The molecule has 5 nitrogen and oxygen atoms in total. The van der Waals surface area contributed by atoms with Gasteiger partial charge in [0.2, 0.25) is 15.9 Å². The molecule has 1 aliphatic heterocycles. The molecule has 1 heterocycles. The van der Waals surface area contributed by atoms with Gasteiger partial charge in [0.15, 0.2) is 0 Å². The first kappa shape index (κ1) is 18.9. The first-order chi connectivity index (χ1) is 12.4. The topological polar surface area (TPSA) is 66.5 Å². The largest absolute Gasteiger partial charge is 0.348 e. The second kappa shape index (κ2) is 7.78. The number of carbonyl (C=O) groups is 1. The first-order valence-corrected chi connectivity index (χ1v) is 10.3. The molecule has 2 atom stereocenters. The summed E-state index contributed by atoms with van der Waals surface area (Å²) in [5.41, 5.74) is 0.978. The smallest absolute Gasteiger partial charge is 0.243 e. The Kier molecular flexibility index (Phi) is 5.65. The molecule has 26 heavy (non-hydrogen) atoms. The van der Waals surface area contributed by atoms with E-state index < -0.39 is 16.1 Å². The van der Waals surface area contributed by atoms with Crippen molar-refractivity contribution < 1.29 is 13.2 Å². The Bertz CT molecular complexity index is 869. The number of sulfonamides is 1. The molecule has 3 rings (SSSR count).